The minimum Gasteiger partial charge on any atom is -0.311 e. The summed E-state index contributed by atoms with van der Waals surface area (Å²) in [6, 6.07) is 1.12. The summed E-state index contributed by atoms with van der Waals surface area (Å²) < 4.78 is 2.36. The first-order valence-corrected chi connectivity index (χ1v) is 6.82. The number of nitrogens with zero attached hydrogens (tertiary/aromatic N) is 3. The van der Waals surface area contributed by atoms with Crippen LogP contribution in [0.15, 0.2) is 0 Å². The number of aromatic nitrogens is 3. The van der Waals surface area contributed by atoms with Crippen molar-refractivity contribution in [2.24, 2.45) is 0 Å². The van der Waals surface area contributed by atoms with Gasteiger partial charge in [-0.15, -0.1) is 10.2 Å². The molecule has 0 spiro atoms. The quantitative estimate of drug-likeness (QED) is 0.873. The molecule has 0 bridgehead atoms. The highest BCUT2D eigenvalue weighted by Crippen LogP contribution is 2.29. The van der Waals surface area contributed by atoms with E-state index in [4.69, 9.17) is 0 Å². The summed E-state index contributed by atoms with van der Waals surface area (Å²) in [7, 11) is 0. The second-order valence-electron chi connectivity index (χ2n) is 5.36. The van der Waals surface area contributed by atoms with Gasteiger partial charge in [-0.05, 0) is 19.8 Å². The SMILES string of the molecule is Cc1nnc(CNC(C)C)n1C1CCCCC1. The third-order valence-corrected chi connectivity index (χ3v) is 3.55. The normalized spacial score (nSPS) is 17.9. The average molecular weight is 236 g/mol. The van der Waals surface area contributed by atoms with Gasteiger partial charge in [-0.1, -0.05) is 33.1 Å². The first-order chi connectivity index (χ1) is 8.18. The van der Waals surface area contributed by atoms with Crippen molar-refractivity contribution in [2.75, 3.05) is 0 Å². The molecule has 0 unspecified atom stereocenters. The summed E-state index contributed by atoms with van der Waals surface area (Å²) in [5.41, 5.74) is 0. The summed E-state index contributed by atoms with van der Waals surface area (Å²) >= 11 is 0. The zero-order valence-electron chi connectivity index (χ0n) is 11.2. The first-order valence-electron chi connectivity index (χ1n) is 6.82. The fourth-order valence-corrected chi connectivity index (χ4v) is 2.64. The zero-order chi connectivity index (χ0) is 12.3. The zero-order valence-corrected chi connectivity index (χ0v) is 11.2. The summed E-state index contributed by atoms with van der Waals surface area (Å²) in [4.78, 5) is 0. The molecule has 96 valence electrons. The monoisotopic (exact) mass is 236 g/mol. The van der Waals surface area contributed by atoms with Gasteiger partial charge in [0.1, 0.15) is 11.6 Å². The van der Waals surface area contributed by atoms with Crippen molar-refractivity contribution in [3.8, 4) is 0 Å². The summed E-state index contributed by atoms with van der Waals surface area (Å²) in [5.74, 6) is 2.17. The number of hydrogen-bond acceptors (Lipinski definition) is 3. The highest BCUT2D eigenvalue weighted by molar-refractivity contribution is 4.98. The van der Waals surface area contributed by atoms with E-state index in [1.54, 1.807) is 0 Å². The maximum absolute atomic E-state index is 4.31. The van der Waals surface area contributed by atoms with E-state index < -0.39 is 0 Å². The fourth-order valence-electron chi connectivity index (χ4n) is 2.64. The molecule has 4 nitrogen and oxygen atoms in total. The molecular weight excluding hydrogens is 212 g/mol. The molecule has 4 heteroatoms. The lowest BCUT2D eigenvalue weighted by Crippen LogP contribution is -2.26. The Morgan fingerprint density at radius 3 is 2.59 bits per heavy atom. The second kappa shape index (κ2) is 5.63. The Balaban J connectivity index is 2.10. The first kappa shape index (κ1) is 12.6. The summed E-state index contributed by atoms with van der Waals surface area (Å²) in [6.07, 6.45) is 6.65. The standard InChI is InChI=1S/C13H24N4/c1-10(2)14-9-13-16-15-11(3)17(13)12-7-5-4-6-8-12/h10,12,14H,4-9H2,1-3H3. The smallest absolute Gasteiger partial charge is 0.147 e. The molecule has 17 heavy (non-hydrogen) atoms. The summed E-state index contributed by atoms with van der Waals surface area (Å²) in [6.45, 7) is 7.22. The van der Waals surface area contributed by atoms with E-state index in [1.807, 2.05) is 0 Å². The lowest BCUT2D eigenvalue weighted by molar-refractivity contribution is 0.337. The van der Waals surface area contributed by atoms with Crippen LogP contribution < -0.4 is 5.32 Å². The Morgan fingerprint density at radius 2 is 1.94 bits per heavy atom. The van der Waals surface area contributed by atoms with Gasteiger partial charge in [0.05, 0.1) is 6.54 Å². The van der Waals surface area contributed by atoms with Gasteiger partial charge in [0, 0.05) is 12.1 Å². The lowest BCUT2D eigenvalue weighted by Gasteiger charge is -2.25. The van der Waals surface area contributed by atoms with Crippen molar-refractivity contribution in [1.29, 1.82) is 0 Å². The van der Waals surface area contributed by atoms with Crippen LogP contribution in [0.3, 0.4) is 0 Å². The third kappa shape index (κ3) is 3.06. The van der Waals surface area contributed by atoms with E-state index in [9.17, 15) is 0 Å². The Kier molecular flexibility index (Phi) is 4.15. The largest absolute Gasteiger partial charge is 0.311 e. The van der Waals surface area contributed by atoms with Crippen molar-refractivity contribution in [3.63, 3.8) is 0 Å². The molecule has 0 aromatic carbocycles. The van der Waals surface area contributed by atoms with E-state index in [0.29, 0.717) is 12.1 Å². The Bertz CT molecular complexity index is 350. The number of aryl methyl sites for hydroxylation is 1. The average Bonchev–Trinajstić information content (AvgIpc) is 2.69. The molecular formula is C13H24N4. The Morgan fingerprint density at radius 1 is 1.24 bits per heavy atom. The highest BCUT2D eigenvalue weighted by atomic mass is 15.3. The van der Waals surface area contributed by atoms with Crippen molar-refractivity contribution in [3.05, 3.63) is 11.6 Å². The molecule has 1 aliphatic rings. The van der Waals surface area contributed by atoms with Crippen LogP contribution in [0.5, 0.6) is 0 Å². The molecule has 0 atom stereocenters. The maximum Gasteiger partial charge on any atom is 0.147 e. The molecule has 0 saturated heterocycles. The van der Waals surface area contributed by atoms with Gasteiger partial charge in [-0.25, -0.2) is 0 Å². The topological polar surface area (TPSA) is 42.7 Å². The molecule has 1 aromatic rings. The molecule has 1 fully saturated rings. The molecule has 0 aliphatic heterocycles. The molecule has 1 aliphatic carbocycles. The number of rotatable bonds is 4. The van der Waals surface area contributed by atoms with Crippen LogP contribution in [0.25, 0.3) is 0 Å². The Labute approximate surface area is 104 Å². The lowest BCUT2D eigenvalue weighted by atomic mass is 9.95. The van der Waals surface area contributed by atoms with Crippen LogP contribution in [0.4, 0.5) is 0 Å². The van der Waals surface area contributed by atoms with Crippen molar-refractivity contribution in [2.45, 2.75) is 71.5 Å². The van der Waals surface area contributed by atoms with Crippen LogP contribution in [0.2, 0.25) is 0 Å². The molecule has 1 heterocycles. The van der Waals surface area contributed by atoms with Gasteiger partial charge in [0.15, 0.2) is 0 Å². The van der Waals surface area contributed by atoms with Gasteiger partial charge in [-0.2, -0.15) is 0 Å². The molecule has 1 saturated carbocycles. The molecule has 1 aromatic heterocycles. The molecule has 0 radical (unpaired) electrons. The minimum atomic E-state index is 0.492. The molecule has 2 rings (SSSR count). The van der Waals surface area contributed by atoms with Gasteiger partial charge in [0.25, 0.3) is 0 Å². The Hall–Kier alpha value is -0.900. The van der Waals surface area contributed by atoms with Gasteiger partial charge in [-0.3, -0.25) is 0 Å². The van der Waals surface area contributed by atoms with Crippen molar-refractivity contribution in [1.82, 2.24) is 20.1 Å². The van der Waals surface area contributed by atoms with E-state index >= 15 is 0 Å². The number of hydrogen-bond donors (Lipinski definition) is 1. The van der Waals surface area contributed by atoms with E-state index in [1.165, 1.54) is 32.1 Å². The van der Waals surface area contributed by atoms with Crippen LogP contribution >= 0.6 is 0 Å². The van der Waals surface area contributed by atoms with Crippen molar-refractivity contribution < 1.29 is 0 Å². The molecule has 0 amide bonds. The maximum atomic E-state index is 4.31. The predicted octanol–water partition coefficient (Wildman–Crippen LogP) is 2.59. The van der Waals surface area contributed by atoms with Gasteiger partial charge in [0.2, 0.25) is 0 Å². The highest BCUT2D eigenvalue weighted by Gasteiger charge is 2.20. The van der Waals surface area contributed by atoms with E-state index in [2.05, 4.69) is 40.9 Å². The van der Waals surface area contributed by atoms with Gasteiger partial charge < -0.3 is 9.88 Å². The van der Waals surface area contributed by atoms with Crippen LogP contribution in [0.1, 0.15) is 63.6 Å². The second-order valence-corrected chi connectivity index (χ2v) is 5.36. The summed E-state index contributed by atoms with van der Waals surface area (Å²) in [5, 5.41) is 12.0. The third-order valence-electron chi connectivity index (χ3n) is 3.55. The van der Waals surface area contributed by atoms with E-state index in [0.717, 1.165) is 18.2 Å². The molecule has 1 N–H and O–H groups in total. The van der Waals surface area contributed by atoms with Crippen LogP contribution in [-0.4, -0.2) is 20.8 Å². The van der Waals surface area contributed by atoms with Crippen LogP contribution in [-0.2, 0) is 6.54 Å². The van der Waals surface area contributed by atoms with E-state index in [-0.39, 0.29) is 0 Å². The van der Waals surface area contributed by atoms with Crippen molar-refractivity contribution >= 4 is 0 Å². The predicted molar refractivity (Wildman–Crippen MR) is 68.9 cm³/mol. The van der Waals surface area contributed by atoms with Gasteiger partial charge >= 0.3 is 0 Å². The van der Waals surface area contributed by atoms with Crippen LogP contribution in [0, 0.1) is 6.92 Å². The number of nitrogens with one attached hydrogen (secondary N) is 1. The minimum absolute atomic E-state index is 0.492. The fraction of sp³-hybridized carbons (Fsp3) is 0.846.